The van der Waals surface area contributed by atoms with Gasteiger partial charge in [-0.2, -0.15) is 0 Å². The highest BCUT2D eigenvalue weighted by molar-refractivity contribution is 5.74. The predicted molar refractivity (Wildman–Crippen MR) is 94.0 cm³/mol. The summed E-state index contributed by atoms with van der Waals surface area (Å²) in [5, 5.41) is 10.8. The van der Waals surface area contributed by atoms with Gasteiger partial charge in [-0.25, -0.2) is 4.79 Å². The fraction of sp³-hybridized carbons (Fsp3) is 0.500. The van der Waals surface area contributed by atoms with Crippen molar-refractivity contribution in [2.24, 2.45) is 0 Å². The average molecular weight is 343 g/mol. The van der Waals surface area contributed by atoms with E-state index < -0.39 is 0 Å². The average Bonchev–Trinajstić information content (AvgIpc) is 3.13. The van der Waals surface area contributed by atoms with Crippen molar-refractivity contribution >= 4 is 6.03 Å². The molecule has 0 saturated carbocycles. The van der Waals surface area contributed by atoms with E-state index in [0.29, 0.717) is 26.2 Å². The minimum atomic E-state index is -0.0707. The molecular weight excluding hydrogens is 318 g/mol. The molecule has 7 nitrogen and oxygen atoms in total. The van der Waals surface area contributed by atoms with Gasteiger partial charge in [0.25, 0.3) is 0 Å². The Hall–Kier alpha value is -2.41. The zero-order chi connectivity index (χ0) is 17.5. The predicted octanol–water partition coefficient (Wildman–Crippen LogP) is 1.84. The fourth-order valence-electron chi connectivity index (χ4n) is 3.00. The van der Waals surface area contributed by atoms with Gasteiger partial charge in [0, 0.05) is 19.6 Å². The number of nitrogens with zero attached hydrogens (tertiary/aromatic N) is 4. The van der Waals surface area contributed by atoms with Crippen LogP contribution in [0.15, 0.2) is 36.7 Å². The standard InChI is InChI=1S/C18H25N5O2/c1-2-22-14-20-21-17(22)12-19-18(24)23-10-11-25-16(13-23)9-8-15-6-4-3-5-7-15/h3-7,14,16H,2,8-13H2,1H3,(H,19,24)/t16-/m1/s1. The number of urea groups is 1. The first-order chi connectivity index (χ1) is 12.3. The zero-order valence-corrected chi connectivity index (χ0v) is 14.6. The van der Waals surface area contributed by atoms with E-state index in [1.807, 2.05) is 34.6 Å². The largest absolute Gasteiger partial charge is 0.375 e. The van der Waals surface area contributed by atoms with Crippen LogP contribution in [0, 0.1) is 0 Å². The van der Waals surface area contributed by atoms with E-state index in [1.165, 1.54) is 5.56 Å². The van der Waals surface area contributed by atoms with Crippen LogP contribution in [0.25, 0.3) is 0 Å². The molecule has 2 aromatic rings. The first-order valence-electron chi connectivity index (χ1n) is 8.81. The van der Waals surface area contributed by atoms with Crippen molar-refractivity contribution in [3.05, 3.63) is 48.0 Å². The zero-order valence-electron chi connectivity index (χ0n) is 14.6. The summed E-state index contributed by atoms with van der Waals surface area (Å²) in [5.74, 6) is 0.768. The topological polar surface area (TPSA) is 72.3 Å². The van der Waals surface area contributed by atoms with Gasteiger partial charge in [0.2, 0.25) is 0 Å². The van der Waals surface area contributed by atoms with Gasteiger partial charge in [-0.05, 0) is 25.3 Å². The molecule has 1 fully saturated rings. The molecule has 3 rings (SSSR count). The quantitative estimate of drug-likeness (QED) is 0.869. The maximum Gasteiger partial charge on any atom is 0.317 e. The van der Waals surface area contributed by atoms with Crippen molar-refractivity contribution in [1.82, 2.24) is 25.0 Å². The van der Waals surface area contributed by atoms with Gasteiger partial charge in [0.15, 0.2) is 5.82 Å². The summed E-state index contributed by atoms with van der Waals surface area (Å²) in [7, 11) is 0. The van der Waals surface area contributed by atoms with E-state index in [2.05, 4.69) is 27.6 Å². The van der Waals surface area contributed by atoms with E-state index >= 15 is 0 Å². The van der Waals surface area contributed by atoms with E-state index in [0.717, 1.165) is 25.2 Å². The maximum atomic E-state index is 12.4. The van der Waals surface area contributed by atoms with Crippen molar-refractivity contribution in [2.45, 2.75) is 39.0 Å². The Bertz CT molecular complexity index is 673. The number of aromatic nitrogens is 3. The lowest BCUT2D eigenvalue weighted by atomic mass is 10.1. The normalized spacial score (nSPS) is 17.5. The van der Waals surface area contributed by atoms with E-state index in [1.54, 1.807) is 6.33 Å². The molecule has 0 unspecified atom stereocenters. The van der Waals surface area contributed by atoms with Gasteiger partial charge in [-0.1, -0.05) is 30.3 Å². The summed E-state index contributed by atoms with van der Waals surface area (Å²) in [4.78, 5) is 14.2. The molecule has 1 aromatic carbocycles. The summed E-state index contributed by atoms with van der Waals surface area (Å²) in [6.07, 6.45) is 3.63. The molecule has 134 valence electrons. The molecule has 1 aromatic heterocycles. The minimum absolute atomic E-state index is 0.0707. The Morgan fingerprint density at radius 3 is 3.00 bits per heavy atom. The number of carbonyl (C=O) groups is 1. The molecule has 25 heavy (non-hydrogen) atoms. The highest BCUT2D eigenvalue weighted by atomic mass is 16.5. The molecule has 0 spiro atoms. The number of hydrogen-bond donors (Lipinski definition) is 1. The monoisotopic (exact) mass is 343 g/mol. The molecule has 1 aliphatic rings. The minimum Gasteiger partial charge on any atom is -0.375 e. The van der Waals surface area contributed by atoms with Gasteiger partial charge in [-0.3, -0.25) is 0 Å². The Morgan fingerprint density at radius 2 is 2.20 bits per heavy atom. The molecule has 2 amide bonds. The maximum absolute atomic E-state index is 12.4. The third-order valence-electron chi connectivity index (χ3n) is 4.46. The molecule has 1 saturated heterocycles. The van der Waals surface area contributed by atoms with Crippen molar-refractivity contribution in [3.8, 4) is 0 Å². The Morgan fingerprint density at radius 1 is 1.36 bits per heavy atom. The van der Waals surface area contributed by atoms with Crippen LogP contribution in [-0.2, 0) is 24.2 Å². The lowest BCUT2D eigenvalue weighted by molar-refractivity contribution is -0.0176. The molecule has 0 radical (unpaired) electrons. The van der Waals surface area contributed by atoms with Crippen LogP contribution < -0.4 is 5.32 Å². The SMILES string of the molecule is CCn1cnnc1CNC(=O)N1CCO[C@H](CCc2ccccc2)C1. The number of aryl methyl sites for hydroxylation is 2. The third kappa shape index (κ3) is 4.79. The van der Waals surface area contributed by atoms with Crippen LogP contribution in [0.5, 0.6) is 0 Å². The number of morpholine rings is 1. The molecule has 0 aliphatic carbocycles. The highest BCUT2D eigenvalue weighted by Gasteiger charge is 2.24. The highest BCUT2D eigenvalue weighted by Crippen LogP contribution is 2.13. The van der Waals surface area contributed by atoms with Gasteiger partial charge in [0.1, 0.15) is 6.33 Å². The Balaban J connectivity index is 1.46. The van der Waals surface area contributed by atoms with Crippen molar-refractivity contribution in [3.63, 3.8) is 0 Å². The van der Waals surface area contributed by atoms with E-state index in [4.69, 9.17) is 4.74 Å². The summed E-state index contributed by atoms with van der Waals surface area (Å²) in [6.45, 7) is 5.02. The first-order valence-corrected chi connectivity index (χ1v) is 8.81. The first kappa shape index (κ1) is 17.4. The van der Waals surface area contributed by atoms with Crippen molar-refractivity contribution in [2.75, 3.05) is 19.7 Å². The van der Waals surface area contributed by atoms with E-state index in [-0.39, 0.29) is 12.1 Å². The molecule has 1 N–H and O–H groups in total. The molecule has 0 bridgehead atoms. The van der Waals surface area contributed by atoms with Crippen LogP contribution in [0.2, 0.25) is 0 Å². The van der Waals surface area contributed by atoms with Crippen LogP contribution >= 0.6 is 0 Å². The van der Waals surface area contributed by atoms with Crippen LogP contribution in [0.4, 0.5) is 4.79 Å². The van der Waals surface area contributed by atoms with Crippen LogP contribution in [0.3, 0.4) is 0 Å². The lowest BCUT2D eigenvalue weighted by Crippen LogP contribution is -2.49. The number of ether oxygens (including phenoxy) is 1. The third-order valence-corrected chi connectivity index (χ3v) is 4.46. The van der Waals surface area contributed by atoms with Gasteiger partial charge < -0.3 is 19.5 Å². The summed E-state index contributed by atoms with van der Waals surface area (Å²) >= 11 is 0. The van der Waals surface area contributed by atoms with Crippen molar-refractivity contribution in [1.29, 1.82) is 0 Å². The van der Waals surface area contributed by atoms with Gasteiger partial charge in [-0.15, -0.1) is 10.2 Å². The molecule has 2 heterocycles. The summed E-state index contributed by atoms with van der Waals surface area (Å²) < 4.78 is 7.74. The smallest absolute Gasteiger partial charge is 0.317 e. The molecule has 7 heteroatoms. The molecule has 1 atom stereocenters. The van der Waals surface area contributed by atoms with Gasteiger partial charge in [0.05, 0.1) is 19.3 Å². The van der Waals surface area contributed by atoms with Gasteiger partial charge >= 0.3 is 6.03 Å². The number of rotatable bonds is 6. The summed E-state index contributed by atoms with van der Waals surface area (Å²) in [5.41, 5.74) is 1.30. The number of nitrogens with one attached hydrogen (secondary N) is 1. The second-order valence-corrected chi connectivity index (χ2v) is 6.15. The second kappa shape index (κ2) is 8.62. The number of hydrogen-bond acceptors (Lipinski definition) is 4. The fourth-order valence-corrected chi connectivity index (χ4v) is 3.00. The molecule has 1 aliphatic heterocycles. The Labute approximate surface area is 148 Å². The van der Waals surface area contributed by atoms with Crippen LogP contribution in [-0.4, -0.2) is 51.5 Å². The Kier molecular flexibility index (Phi) is 6.00. The number of benzene rings is 1. The van der Waals surface area contributed by atoms with E-state index in [9.17, 15) is 4.79 Å². The number of carbonyl (C=O) groups excluding carboxylic acids is 1. The molecular formula is C18H25N5O2. The van der Waals surface area contributed by atoms with Crippen molar-refractivity contribution < 1.29 is 9.53 Å². The lowest BCUT2D eigenvalue weighted by Gasteiger charge is -2.33. The summed E-state index contributed by atoms with van der Waals surface area (Å²) in [6, 6.07) is 10.3. The van der Waals surface area contributed by atoms with Crippen LogP contribution in [0.1, 0.15) is 24.7 Å². The number of amides is 2. The second-order valence-electron chi connectivity index (χ2n) is 6.15.